The average Bonchev–Trinajstić information content (AvgIpc) is 2.89. The summed E-state index contributed by atoms with van der Waals surface area (Å²) in [6.45, 7) is 9.47. The number of aryl methyl sites for hydroxylation is 1. The highest BCUT2D eigenvalue weighted by molar-refractivity contribution is 5.92. The van der Waals surface area contributed by atoms with E-state index >= 15 is 0 Å². The molecule has 0 aliphatic rings. The average molecular weight is 522 g/mol. The van der Waals surface area contributed by atoms with Crippen molar-refractivity contribution in [2.24, 2.45) is 0 Å². The van der Waals surface area contributed by atoms with Crippen molar-refractivity contribution < 1.29 is 13.2 Å². The minimum absolute atomic E-state index is 0.102. The Kier molecular flexibility index (Phi) is 8.94. The molecule has 2 heterocycles. The molecule has 2 aromatic heterocycles. The van der Waals surface area contributed by atoms with E-state index in [1.54, 1.807) is 18.2 Å². The van der Waals surface area contributed by atoms with E-state index in [4.69, 9.17) is 9.97 Å². The van der Waals surface area contributed by atoms with Crippen molar-refractivity contribution in [3.8, 4) is 11.3 Å². The Balaban J connectivity index is 1.72. The van der Waals surface area contributed by atoms with E-state index in [0.29, 0.717) is 35.8 Å². The Bertz CT molecular complexity index is 1360. The summed E-state index contributed by atoms with van der Waals surface area (Å²) in [5.41, 5.74) is 2.60. The van der Waals surface area contributed by atoms with Crippen molar-refractivity contribution in [2.75, 3.05) is 25.0 Å². The fraction of sp³-hybridized carbons (Fsp3) is 0.367. The predicted octanol–water partition coefficient (Wildman–Crippen LogP) is 7.30. The van der Waals surface area contributed by atoms with Crippen molar-refractivity contribution in [2.45, 2.75) is 52.8 Å². The van der Waals surface area contributed by atoms with Gasteiger partial charge < -0.3 is 5.32 Å². The number of hydrogen-bond acceptors (Lipinski definition) is 5. The molecule has 0 saturated heterocycles. The first-order valence-electron chi connectivity index (χ1n) is 13.1. The molecule has 0 spiro atoms. The van der Waals surface area contributed by atoms with Crippen molar-refractivity contribution in [3.63, 3.8) is 0 Å². The van der Waals surface area contributed by atoms with Crippen LogP contribution in [-0.2, 0) is 19.1 Å². The van der Waals surface area contributed by atoms with Crippen LogP contribution in [0.4, 0.5) is 19.0 Å². The standard InChI is InChI=1S/C30H34F3N5/c1-4-17-38(18-5-2)20-27-36-26-19-23(28-25(30(31,32)33)11-8-15-34-28)12-13-24(26)29(37-27)35-16-14-22-10-7-6-9-21(22)3/h6-13,15,19H,4-5,14,16-18,20H2,1-3H3,(H,35,36,37). The second kappa shape index (κ2) is 12.3. The van der Waals surface area contributed by atoms with Gasteiger partial charge in [-0.15, -0.1) is 0 Å². The lowest BCUT2D eigenvalue weighted by Gasteiger charge is -2.21. The molecule has 0 aliphatic carbocycles. The summed E-state index contributed by atoms with van der Waals surface area (Å²) in [4.78, 5) is 16.0. The molecule has 0 saturated carbocycles. The third-order valence-corrected chi connectivity index (χ3v) is 6.52. The highest BCUT2D eigenvalue weighted by Gasteiger charge is 2.34. The summed E-state index contributed by atoms with van der Waals surface area (Å²) in [6, 6.07) is 15.8. The van der Waals surface area contributed by atoms with Crippen LogP contribution in [-0.4, -0.2) is 39.5 Å². The van der Waals surface area contributed by atoms with Gasteiger partial charge in [0.1, 0.15) is 11.6 Å². The Morgan fingerprint density at radius 1 is 0.921 bits per heavy atom. The van der Waals surface area contributed by atoms with E-state index in [-0.39, 0.29) is 5.69 Å². The number of aromatic nitrogens is 3. The number of nitrogens with one attached hydrogen (secondary N) is 1. The van der Waals surface area contributed by atoms with Gasteiger partial charge in [-0.25, -0.2) is 9.97 Å². The van der Waals surface area contributed by atoms with Crippen LogP contribution in [0.15, 0.2) is 60.8 Å². The predicted molar refractivity (Wildman–Crippen MR) is 147 cm³/mol. The molecule has 1 N–H and O–H groups in total. The number of fused-ring (bicyclic) bond motifs is 1. The van der Waals surface area contributed by atoms with Crippen LogP contribution in [0.2, 0.25) is 0 Å². The molecule has 0 aliphatic heterocycles. The zero-order valence-electron chi connectivity index (χ0n) is 22.1. The number of alkyl halides is 3. The summed E-state index contributed by atoms with van der Waals surface area (Å²) >= 11 is 0. The van der Waals surface area contributed by atoms with Gasteiger partial charge in [0.15, 0.2) is 0 Å². The maximum atomic E-state index is 13.7. The van der Waals surface area contributed by atoms with E-state index in [0.717, 1.165) is 43.8 Å². The fourth-order valence-corrected chi connectivity index (χ4v) is 4.70. The third-order valence-electron chi connectivity index (χ3n) is 6.52. The van der Waals surface area contributed by atoms with Crippen LogP contribution in [0.25, 0.3) is 22.2 Å². The zero-order valence-corrected chi connectivity index (χ0v) is 22.1. The van der Waals surface area contributed by atoms with Crippen molar-refractivity contribution in [1.29, 1.82) is 0 Å². The second-order valence-corrected chi connectivity index (χ2v) is 9.50. The number of hydrogen-bond donors (Lipinski definition) is 1. The molecule has 2 aromatic carbocycles. The minimum Gasteiger partial charge on any atom is -0.369 e. The van der Waals surface area contributed by atoms with Crippen molar-refractivity contribution in [3.05, 3.63) is 83.3 Å². The molecule has 0 radical (unpaired) electrons. The normalized spacial score (nSPS) is 11.9. The van der Waals surface area contributed by atoms with E-state index in [9.17, 15) is 13.2 Å². The monoisotopic (exact) mass is 521 g/mol. The Morgan fingerprint density at radius 2 is 1.68 bits per heavy atom. The summed E-state index contributed by atoms with van der Waals surface area (Å²) in [5, 5.41) is 4.24. The number of halogens is 3. The van der Waals surface area contributed by atoms with Crippen molar-refractivity contribution >= 4 is 16.7 Å². The lowest BCUT2D eigenvalue weighted by atomic mass is 10.0. The van der Waals surface area contributed by atoms with Crippen LogP contribution in [0, 0.1) is 6.92 Å². The largest absolute Gasteiger partial charge is 0.418 e. The maximum Gasteiger partial charge on any atom is 0.418 e. The molecule has 4 rings (SSSR count). The van der Waals surface area contributed by atoms with Crippen LogP contribution >= 0.6 is 0 Å². The molecule has 8 heteroatoms. The molecule has 0 amide bonds. The van der Waals surface area contributed by atoms with Crippen LogP contribution < -0.4 is 5.32 Å². The summed E-state index contributed by atoms with van der Waals surface area (Å²) in [6.07, 6.45) is -0.269. The first-order chi connectivity index (χ1) is 18.3. The van der Waals surface area contributed by atoms with Gasteiger partial charge in [-0.1, -0.05) is 44.2 Å². The highest BCUT2D eigenvalue weighted by atomic mass is 19.4. The molecule has 200 valence electrons. The second-order valence-electron chi connectivity index (χ2n) is 9.50. The number of anilines is 1. The number of rotatable bonds is 11. The number of benzene rings is 2. The quantitative estimate of drug-likeness (QED) is 0.225. The Morgan fingerprint density at radius 3 is 2.39 bits per heavy atom. The van der Waals surface area contributed by atoms with E-state index < -0.39 is 11.7 Å². The maximum absolute atomic E-state index is 13.7. The Labute approximate surface area is 222 Å². The van der Waals surface area contributed by atoms with Gasteiger partial charge in [-0.3, -0.25) is 9.88 Å². The van der Waals surface area contributed by atoms with Gasteiger partial charge in [0.25, 0.3) is 0 Å². The number of pyridine rings is 1. The lowest BCUT2D eigenvalue weighted by molar-refractivity contribution is -0.137. The molecular weight excluding hydrogens is 487 g/mol. The fourth-order valence-electron chi connectivity index (χ4n) is 4.70. The van der Waals surface area contributed by atoms with Gasteiger partial charge >= 0.3 is 6.18 Å². The Hall–Kier alpha value is -3.52. The first kappa shape index (κ1) is 27.5. The zero-order chi connectivity index (χ0) is 27.1. The lowest BCUT2D eigenvalue weighted by Crippen LogP contribution is -2.26. The summed E-state index contributed by atoms with van der Waals surface area (Å²) < 4.78 is 41.1. The third kappa shape index (κ3) is 6.67. The van der Waals surface area contributed by atoms with Gasteiger partial charge in [0.2, 0.25) is 0 Å². The molecule has 38 heavy (non-hydrogen) atoms. The summed E-state index contributed by atoms with van der Waals surface area (Å²) in [5.74, 6) is 1.34. The van der Waals surface area contributed by atoms with Crippen molar-refractivity contribution in [1.82, 2.24) is 19.9 Å². The molecule has 0 unspecified atom stereocenters. The van der Waals surface area contributed by atoms with E-state index in [2.05, 4.69) is 48.1 Å². The molecule has 0 fully saturated rings. The number of nitrogens with zero attached hydrogens (tertiary/aromatic N) is 4. The van der Waals surface area contributed by atoms with E-state index in [1.165, 1.54) is 23.4 Å². The smallest absolute Gasteiger partial charge is 0.369 e. The first-order valence-corrected chi connectivity index (χ1v) is 13.1. The molecule has 4 aromatic rings. The van der Waals surface area contributed by atoms with Gasteiger partial charge in [-0.2, -0.15) is 13.2 Å². The van der Waals surface area contributed by atoms with Gasteiger partial charge in [-0.05, 0) is 74.7 Å². The summed E-state index contributed by atoms with van der Waals surface area (Å²) in [7, 11) is 0. The van der Waals surface area contributed by atoms with E-state index in [1.807, 2.05) is 12.1 Å². The highest BCUT2D eigenvalue weighted by Crippen LogP contribution is 2.36. The van der Waals surface area contributed by atoms with Crippen LogP contribution in [0.5, 0.6) is 0 Å². The van der Waals surface area contributed by atoms with Crippen LogP contribution in [0.1, 0.15) is 49.2 Å². The molecule has 0 atom stereocenters. The van der Waals surface area contributed by atoms with Gasteiger partial charge in [0, 0.05) is 23.7 Å². The molecule has 0 bridgehead atoms. The molecular formula is C30H34F3N5. The van der Waals surface area contributed by atoms with Crippen LogP contribution in [0.3, 0.4) is 0 Å². The SMILES string of the molecule is CCCN(CCC)Cc1nc(NCCc2ccccc2C)c2ccc(-c3ncccc3C(F)(F)F)cc2n1. The molecule has 5 nitrogen and oxygen atoms in total. The van der Waals surface area contributed by atoms with Gasteiger partial charge in [0.05, 0.1) is 23.3 Å². The minimum atomic E-state index is -4.50. The topological polar surface area (TPSA) is 53.9 Å².